The van der Waals surface area contributed by atoms with Gasteiger partial charge in [-0.2, -0.15) is 13.2 Å². The number of halogens is 6. The average molecular weight is 459 g/mol. The van der Waals surface area contributed by atoms with Crippen LogP contribution in [0.25, 0.3) is 11.1 Å². The molecule has 0 heterocycles. The molecule has 0 amide bonds. The van der Waals surface area contributed by atoms with Crippen molar-refractivity contribution >= 4 is 17.6 Å². The lowest BCUT2D eigenvalue weighted by Gasteiger charge is -2.14. The molecule has 1 fully saturated rings. The van der Waals surface area contributed by atoms with Crippen molar-refractivity contribution in [2.45, 2.75) is 33.3 Å². The Morgan fingerprint density at radius 1 is 1.13 bits per heavy atom. The van der Waals surface area contributed by atoms with Crippen LogP contribution in [-0.2, 0) is 22.8 Å². The van der Waals surface area contributed by atoms with Crippen molar-refractivity contribution < 1.29 is 31.5 Å². The maximum absolute atomic E-state index is 14.2. The van der Waals surface area contributed by atoms with Crippen LogP contribution in [0.1, 0.15) is 25.0 Å². The fourth-order valence-electron chi connectivity index (χ4n) is 3.79. The van der Waals surface area contributed by atoms with E-state index in [1.54, 1.807) is 38.1 Å². The first-order valence-electron chi connectivity index (χ1n) is 9.51. The largest absolute Gasteiger partial charge is 0.461 e. The number of esters is 1. The molecule has 0 saturated heterocycles. The van der Waals surface area contributed by atoms with E-state index in [0.29, 0.717) is 11.1 Å². The van der Waals surface area contributed by atoms with Gasteiger partial charge in [0.25, 0.3) is 0 Å². The van der Waals surface area contributed by atoms with Crippen molar-refractivity contribution in [3.8, 4) is 11.1 Å². The molecule has 31 heavy (non-hydrogen) atoms. The predicted octanol–water partition coefficient (Wildman–Crippen LogP) is 6.96. The topological polar surface area (TPSA) is 26.3 Å². The number of carbonyl (C=O) groups is 1. The summed E-state index contributed by atoms with van der Waals surface area (Å²) in [5.41, 5.74) is 0.361. The predicted molar refractivity (Wildman–Crippen MR) is 107 cm³/mol. The third-order valence-corrected chi connectivity index (χ3v) is 6.04. The molecule has 2 aromatic carbocycles. The Hall–Kier alpha value is -2.41. The fourth-order valence-corrected chi connectivity index (χ4v) is 3.93. The van der Waals surface area contributed by atoms with Crippen LogP contribution in [0.15, 0.2) is 53.6 Å². The molecule has 2 nitrogen and oxygen atoms in total. The van der Waals surface area contributed by atoms with Crippen LogP contribution in [-0.4, -0.2) is 12.1 Å². The van der Waals surface area contributed by atoms with Gasteiger partial charge in [0.1, 0.15) is 24.1 Å². The van der Waals surface area contributed by atoms with E-state index < -0.39 is 46.9 Å². The van der Waals surface area contributed by atoms with Crippen LogP contribution < -0.4 is 0 Å². The quantitative estimate of drug-likeness (QED) is 0.345. The Morgan fingerprint density at radius 2 is 1.77 bits per heavy atom. The SMILES string of the molecule is CC1(C)C(C=C(Cl)C(F)(F)F)C1C(=O)OCc1cccc(-c2ccccc2F)c1CF. The molecule has 1 aliphatic rings. The lowest BCUT2D eigenvalue weighted by molar-refractivity contribution is -0.147. The Balaban J connectivity index is 1.77. The van der Waals surface area contributed by atoms with Crippen LogP contribution in [0.3, 0.4) is 0 Å². The van der Waals surface area contributed by atoms with Gasteiger partial charge in [-0.3, -0.25) is 4.79 Å². The smallest absolute Gasteiger partial charge is 0.426 e. The number of benzene rings is 2. The molecule has 1 saturated carbocycles. The summed E-state index contributed by atoms with van der Waals surface area (Å²) in [6, 6.07) is 10.7. The number of allylic oxidation sites excluding steroid dienone is 2. The monoisotopic (exact) mass is 458 g/mol. The van der Waals surface area contributed by atoms with Crippen LogP contribution in [0.4, 0.5) is 22.0 Å². The first-order chi connectivity index (χ1) is 14.5. The third kappa shape index (κ3) is 4.76. The molecule has 166 valence electrons. The summed E-state index contributed by atoms with van der Waals surface area (Å²) >= 11 is 5.30. The van der Waals surface area contributed by atoms with E-state index in [0.717, 1.165) is 6.08 Å². The zero-order chi connectivity index (χ0) is 23.0. The van der Waals surface area contributed by atoms with Gasteiger partial charge in [-0.05, 0) is 34.1 Å². The van der Waals surface area contributed by atoms with E-state index in [1.807, 2.05) is 0 Å². The summed E-state index contributed by atoms with van der Waals surface area (Å²) in [5.74, 6) is -2.73. The molecular weight excluding hydrogens is 439 g/mol. The van der Waals surface area contributed by atoms with Gasteiger partial charge >= 0.3 is 12.1 Å². The van der Waals surface area contributed by atoms with Crippen LogP contribution in [0, 0.1) is 23.1 Å². The van der Waals surface area contributed by atoms with Gasteiger partial charge in [-0.1, -0.05) is 67.9 Å². The molecule has 1 aliphatic carbocycles. The molecule has 0 bridgehead atoms. The van der Waals surface area contributed by atoms with Crippen LogP contribution >= 0.6 is 11.6 Å². The Morgan fingerprint density at radius 3 is 2.39 bits per heavy atom. The van der Waals surface area contributed by atoms with Crippen molar-refractivity contribution in [2.24, 2.45) is 17.3 Å². The standard InChI is InChI=1S/C23H20ClF5O2/c1-22(2)17(10-19(24)23(27,28)29)20(22)21(30)31-12-13-6-5-8-14(16(13)11-25)15-7-3-4-9-18(15)26/h3-10,17,20H,11-12H2,1-2H3. The third-order valence-electron chi connectivity index (χ3n) is 5.70. The fraction of sp³-hybridized carbons (Fsp3) is 0.348. The summed E-state index contributed by atoms with van der Waals surface area (Å²) < 4.78 is 71.4. The summed E-state index contributed by atoms with van der Waals surface area (Å²) in [6.07, 6.45) is -3.85. The van der Waals surface area contributed by atoms with Gasteiger partial charge in [0, 0.05) is 5.56 Å². The first kappa shape index (κ1) is 23.3. The lowest BCUT2D eigenvalue weighted by Crippen LogP contribution is -2.12. The van der Waals surface area contributed by atoms with Gasteiger partial charge in [0.15, 0.2) is 0 Å². The zero-order valence-corrected chi connectivity index (χ0v) is 17.5. The van der Waals surface area contributed by atoms with E-state index >= 15 is 0 Å². The highest BCUT2D eigenvalue weighted by Crippen LogP contribution is 2.60. The van der Waals surface area contributed by atoms with E-state index in [1.165, 1.54) is 18.2 Å². The number of hydrogen-bond acceptors (Lipinski definition) is 2. The minimum Gasteiger partial charge on any atom is -0.461 e. The highest BCUT2D eigenvalue weighted by atomic mass is 35.5. The molecular formula is C23H20ClF5O2. The molecule has 2 aromatic rings. The minimum atomic E-state index is -4.68. The molecule has 0 aliphatic heterocycles. The second-order valence-corrected chi connectivity index (χ2v) is 8.41. The van der Waals surface area contributed by atoms with Crippen molar-refractivity contribution in [1.82, 2.24) is 0 Å². The maximum Gasteiger partial charge on any atom is 0.426 e. The Kier molecular flexibility index (Phi) is 6.46. The molecule has 2 unspecified atom stereocenters. The number of hydrogen-bond donors (Lipinski definition) is 0. The molecule has 2 atom stereocenters. The molecule has 0 aromatic heterocycles. The molecule has 0 radical (unpaired) electrons. The Labute approximate surface area is 181 Å². The van der Waals surface area contributed by atoms with Crippen molar-refractivity contribution in [2.75, 3.05) is 0 Å². The van der Waals surface area contributed by atoms with Crippen molar-refractivity contribution in [1.29, 1.82) is 0 Å². The molecule has 3 rings (SSSR count). The van der Waals surface area contributed by atoms with Gasteiger partial charge in [-0.25, -0.2) is 8.78 Å². The Bertz CT molecular complexity index is 1010. The second-order valence-electron chi connectivity index (χ2n) is 8.00. The lowest BCUT2D eigenvalue weighted by atomic mass is 9.96. The van der Waals surface area contributed by atoms with Crippen LogP contribution in [0.5, 0.6) is 0 Å². The normalized spacial score (nSPS) is 20.5. The maximum atomic E-state index is 14.2. The van der Waals surface area contributed by atoms with Crippen molar-refractivity contribution in [3.63, 3.8) is 0 Å². The number of rotatable bonds is 6. The van der Waals surface area contributed by atoms with E-state index in [-0.39, 0.29) is 17.7 Å². The van der Waals surface area contributed by atoms with E-state index in [4.69, 9.17) is 16.3 Å². The molecule has 0 spiro atoms. The molecule has 0 N–H and O–H groups in total. The highest BCUT2D eigenvalue weighted by molar-refractivity contribution is 6.30. The average Bonchev–Trinajstić information content (AvgIpc) is 3.25. The second kappa shape index (κ2) is 8.61. The summed E-state index contributed by atoms with van der Waals surface area (Å²) in [5, 5.41) is -1.28. The summed E-state index contributed by atoms with van der Waals surface area (Å²) in [4.78, 5) is 12.5. The highest BCUT2D eigenvalue weighted by Gasteiger charge is 2.62. The summed E-state index contributed by atoms with van der Waals surface area (Å²) in [7, 11) is 0. The van der Waals surface area contributed by atoms with Crippen molar-refractivity contribution in [3.05, 3.63) is 70.5 Å². The number of alkyl halides is 4. The summed E-state index contributed by atoms with van der Waals surface area (Å²) in [6.45, 7) is 2.11. The van der Waals surface area contributed by atoms with E-state index in [9.17, 15) is 26.7 Å². The number of ether oxygens (including phenoxy) is 1. The van der Waals surface area contributed by atoms with Gasteiger partial charge in [-0.15, -0.1) is 0 Å². The van der Waals surface area contributed by atoms with Gasteiger partial charge in [0.2, 0.25) is 0 Å². The number of carbonyl (C=O) groups excluding carboxylic acids is 1. The van der Waals surface area contributed by atoms with Crippen LogP contribution in [0.2, 0.25) is 0 Å². The van der Waals surface area contributed by atoms with Gasteiger partial charge in [0.05, 0.1) is 5.92 Å². The van der Waals surface area contributed by atoms with Gasteiger partial charge < -0.3 is 4.74 Å². The first-order valence-corrected chi connectivity index (χ1v) is 9.89. The van der Waals surface area contributed by atoms with E-state index in [2.05, 4.69) is 0 Å². The zero-order valence-electron chi connectivity index (χ0n) is 16.8. The molecule has 8 heteroatoms. The minimum absolute atomic E-state index is 0.187.